The molecule has 3 N–H and O–H groups in total. The van der Waals surface area contributed by atoms with Crippen LogP contribution < -0.4 is 5.32 Å². The van der Waals surface area contributed by atoms with Crippen molar-refractivity contribution >= 4 is 23.6 Å². The predicted octanol–water partition coefficient (Wildman–Crippen LogP) is 2.50. The number of carboxylic acids is 1. The highest BCUT2D eigenvalue weighted by Gasteiger charge is 2.08. The lowest BCUT2D eigenvalue weighted by atomic mass is 10.1. The Bertz CT molecular complexity index is 663. The molecule has 0 unspecified atom stereocenters. The Morgan fingerprint density at radius 3 is 2.70 bits per heavy atom. The minimum atomic E-state index is -1.16. The van der Waals surface area contributed by atoms with Crippen LogP contribution in [0.4, 0.5) is 10.1 Å². The summed E-state index contributed by atoms with van der Waals surface area (Å²) in [5.74, 6) is -2.16. The molecule has 0 aliphatic rings. The summed E-state index contributed by atoms with van der Waals surface area (Å²) in [5, 5.41) is 11.0. The molecule has 6 heteroatoms. The first-order valence-electron chi connectivity index (χ1n) is 5.71. The van der Waals surface area contributed by atoms with Gasteiger partial charge < -0.3 is 15.4 Å². The number of amides is 1. The van der Waals surface area contributed by atoms with Gasteiger partial charge in [-0.05, 0) is 36.4 Å². The third-order valence-corrected chi connectivity index (χ3v) is 2.51. The number of aromatic amines is 1. The van der Waals surface area contributed by atoms with Gasteiger partial charge in [-0.1, -0.05) is 0 Å². The second-order valence-corrected chi connectivity index (χ2v) is 3.95. The summed E-state index contributed by atoms with van der Waals surface area (Å²) in [5.41, 5.74) is 0.778. The van der Waals surface area contributed by atoms with Crippen LogP contribution in [0.5, 0.6) is 0 Å². The summed E-state index contributed by atoms with van der Waals surface area (Å²) in [6.07, 6.45) is 3.60. The molecule has 1 aromatic heterocycles. The zero-order valence-electron chi connectivity index (χ0n) is 10.3. The zero-order chi connectivity index (χ0) is 14.5. The van der Waals surface area contributed by atoms with Gasteiger partial charge in [-0.15, -0.1) is 0 Å². The summed E-state index contributed by atoms with van der Waals surface area (Å²) < 4.78 is 13.7. The molecule has 0 aliphatic heterocycles. The predicted molar refractivity (Wildman–Crippen MR) is 71.8 cm³/mol. The smallest absolute Gasteiger partial charge is 0.328 e. The topological polar surface area (TPSA) is 82.2 Å². The molecular weight excluding hydrogens is 263 g/mol. The van der Waals surface area contributed by atoms with E-state index in [1.54, 1.807) is 18.3 Å². The van der Waals surface area contributed by atoms with Crippen molar-refractivity contribution in [1.29, 1.82) is 0 Å². The molecule has 102 valence electrons. The van der Waals surface area contributed by atoms with Gasteiger partial charge in [-0.3, -0.25) is 4.79 Å². The molecule has 0 spiro atoms. The van der Waals surface area contributed by atoms with Gasteiger partial charge in [-0.2, -0.15) is 0 Å². The second-order valence-electron chi connectivity index (χ2n) is 3.95. The highest BCUT2D eigenvalue weighted by Crippen LogP contribution is 2.16. The molecule has 0 fully saturated rings. The van der Waals surface area contributed by atoms with E-state index < -0.39 is 11.8 Å². The number of aliphatic carboxylic acids is 1. The maximum Gasteiger partial charge on any atom is 0.328 e. The summed E-state index contributed by atoms with van der Waals surface area (Å²) >= 11 is 0. The summed E-state index contributed by atoms with van der Waals surface area (Å²) in [6, 6.07) is 7.28. The van der Waals surface area contributed by atoms with Crippen molar-refractivity contribution in [3.8, 4) is 0 Å². The number of hydrogen-bond acceptors (Lipinski definition) is 2. The van der Waals surface area contributed by atoms with Gasteiger partial charge in [-0.25, -0.2) is 9.18 Å². The van der Waals surface area contributed by atoms with Gasteiger partial charge >= 0.3 is 5.97 Å². The lowest BCUT2D eigenvalue weighted by molar-refractivity contribution is -0.131. The van der Waals surface area contributed by atoms with Crippen LogP contribution in [-0.2, 0) is 4.79 Å². The van der Waals surface area contributed by atoms with Crippen LogP contribution in [0.3, 0.4) is 0 Å². The molecule has 2 aromatic rings. The van der Waals surface area contributed by atoms with E-state index in [2.05, 4.69) is 10.3 Å². The standard InChI is InChI=1S/C14H11FN2O3/c15-11-8-10(5-3-9(11)4-6-13(18)19)17-14(20)12-2-1-7-16-12/h1-8,16H,(H,17,20)(H,18,19). The molecule has 20 heavy (non-hydrogen) atoms. The number of rotatable bonds is 4. The number of aromatic nitrogens is 1. The number of carbonyl (C=O) groups is 2. The molecular formula is C14H11FN2O3. The zero-order valence-corrected chi connectivity index (χ0v) is 10.3. The lowest BCUT2D eigenvalue weighted by Gasteiger charge is -2.05. The number of halogens is 1. The number of anilines is 1. The highest BCUT2D eigenvalue weighted by atomic mass is 19.1. The molecule has 0 aliphatic carbocycles. The number of nitrogens with one attached hydrogen (secondary N) is 2. The van der Waals surface area contributed by atoms with Crippen molar-refractivity contribution in [2.45, 2.75) is 0 Å². The molecule has 2 rings (SSSR count). The summed E-state index contributed by atoms with van der Waals surface area (Å²) in [7, 11) is 0. The minimum absolute atomic E-state index is 0.130. The van der Waals surface area contributed by atoms with Crippen molar-refractivity contribution in [1.82, 2.24) is 4.98 Å². The SMILES string of the molecule is O=C(O)C=Cc1ccc(NC(=O)c2ccc[nH]2)cc1F. The molecule has 0 bridgehead atoms. The van der Waals surface area contributed by atoms with Gasteiger partial charge in [0.1, 0.15) is 11.5 Å². The van der Waals surface area contributed by atoms with Crippen LogP contribution in [0, 0.1) is 5.82 Å². The van der Waals surface area contributed by atoms with E-state index in [4.69, 9.17) is 5.11 Å². The Hall–Kier alpha value is -2.89. The van der Waals surface area contributed by atoms with E-state index in [9.17, 15) is 14.0 Å². The number of benzene rings is 1. The van der Waals surface area contributed by atoms with E-state index in [-0.39, 0.29) is 17.2 Å². The van der Waals surface area contributed by atoms with Gasteiger partial charge in [0.15, 0.2) is 0 Å². The van der Waals surface area contributed by atoms with Crippen molar-refractivity contribution in [3.05, 3.63) is 59.7 Å². The molecule has 0 atom stereocenters. The molecule has 0 saturated heterocycles. The maximum atomic E-state index is 13.7. The molecule has 0 radical (unpaired) electrons. The summed E-state index contributed by atoms with van der Waals surface area (Å²) in [6.45, 7) is 0. The van der Waals surface area contributed by atoms with Gasteiger partial charge in [0.05, 0.1) is 0 Å². The van der Waals surface area contributed by atoms with Crippen molar-refractivity contribution < 1.29 is 19.1 Å². The maximum absolute atomic E-state index is 13.7. The number of carboxylic acid groups (broad SMARTS) is 1. The lowest BCUT2D eigenvalue weighted by Crippen LogP contribution is -2.12. The van der Waals surface area contributed by atoms with E-state index in [1.807, 2.05) is 0 Å². The Kier molecular flexibility index (Phi) is 3.95. The van der Waals surface area contributed by atoms with Gasteiger partial charge in [0.25, 0.3) is 5.91 Å². The second kappa shape index (κ2) is 5.83. The number of carbonyl (C=O) groups excluding carboxylic acids is 1. The largest absolute Gasteiger partial charge is 0.478 e. The van der Waals surface area contributed by atoms with Crippen LogP contribution in [0.1, 0.15) is 16.1 Å². The molecule has 1 amide bonds. The normalized spacial score (nSPS) is 10.7. The van der Waals surface area contributed by atoms with Crippen LogP contribution in [0.2, 0.25) is 0 Å². The fourth-order valence-electron chi connectivity index (χ4n) is 1.57. The monoisotopic (exact) mass is 274 g/mol. The van der Waals surface area contributed by atoms with Crippen molar-refractivity contribution in [3.63, 3.8) is 0 Å². The Balaban J connectivity index is 2.13. The third-order valence-electron chi connectivity index (χ3n) is 2.51. The van der Waals surface area contributed by atoms with E-state index in [0.717, 1.165) is 18.2 Å². The van der Waals surface area contributed by atoms with Crippen LogP contribution in [0.15, 0.2) is 42.6 Å². The molecule has 1 aromatic carbocycles. The van der Waals surface area contributed by atoms with Gasteiger partial charge in [0.2, 0.25) is 0 Å². The Morgan fingerprint density at radius 2 is 2.10 bits per heavy atom. The number of hydrogen-bond donors (Lipinski definition) is 3. The fourth-order valence-corrected chi connectivity index (χ4v) is 1.57. The molecule has 1 heterocycles. The summed E-state index contributed by atoms with van der Waals surface area (Å²) in [4.78, 5) is 24.8. The van der Waals surface area contributed by atoms with E-state index in [0.29, 0.717) is 5.69 Å². The number of H-pyrrole nitrogens is 1. The Morgan fingerprint density at radius 1 is 1.30 bits per heavy atom. The molecule has 0 saturated carbocycles. The van der Waals surface area contributed by atoms with Crippen LogP contribution in [-0.4, -0.2) is 22.0 Å². The van der Waals surface area contributed by atoms with Crippen LogP contribution in [0.25, 0.3) is 6.08 Å². The fraction of sp³-hybridized carbons (Fsp3) is 0. The first-order valence-corrected chi connectivity index (χ1v) is 5.71. The third kappa shape index (κ3) is 3.32. The average molecular weight is 274 g/mol. The van der Waals surface area contributed by atoms with Crippen molar-refractivity contribution in [2.75, 3.05) is 5.32 Å². The Labute approximate surface area is 113 Å². The minimum Gasteiger partial charge on any atom is -0.478 e. The van der Waals surface area contributed by atoms with Gasteiger partial charge in [0, 0.05) is 23.5 Å². The quantitative estimate of drug-likeness (QED) is 0.749. The van der Waals surface area contributed by atoms with E-state index >= 15 is 0 Å². The highest BCUT2D eigenvalue weighted by molar-refractivity contribution is 6.03. The first kappa shape index (κ1) is 13.5. The molecule has 5 nitrogen and oxygen atoms in total. The van der Waals surface area contributed by atoms with E-state index in [1.165, 1.54) is 12.1 Å². The van der Waals surface area contributed by atoms with Crippen LogP contribution >= 0.6 is 0 Å². The first-order chi connectivity index (χ1) is 9.56. The average Bonchev–Trinajstić information content (AvgIpc) is 2.91. The van der Waals surface area contributed by atoms with Crippen molar-refractivity contribution in [2.24, 2.45) is 0 Å².